The molecule has 3 heterocycles. The number of nitrogens with zero attached hydrogens (tertiary/aromatic N) is 4. The van der Waals surface area contributed by atoms with Crippen LogP contribution in [0.5, 0.6) is 11.5 Å². The molecule has 0 unspecified atom stereocenters. The predicted octanol–water partition coefficient (Wildman–Crippen LogP) is 11.3. The van der Waals surface area contributed by atoms with Crippen molar-refractivity contribution in [2.45, 2.75) is 67.2 Å². The summed E-state index contributed by atoms with van der Waals surface area (Å²) in [6.45, 7) is 13.1. The molecule has 242 valence electrons. The first kappa shape index (κ1) is 31.4. The lowest BCUT2D eigenvalue weighted by molar-refractivity contribution is 0.482. The molecular formula is C43H44N4O. The van der Waals surface area contributed by atoms with E-state index in [0.717, 1.165) is 71.1 Å². The van der Waals surface area contributed by atoms with Gasteiger partial charge in [-0.25, -0.2) is 9.67 Å². The third-order valence-corrected chi connectivity index (χ3v) is 9.18. The van der Waals surface area contributed by atoms with E-state index in [1.807, 2.05) is 12.3 Å². The number of aryl methyl sites for hydroxylation is 3. The van der Waals surface area contributed by atoms with Crippen LogP contribution in [-0.4, -0.2) is 19.3 Å². The molecule has 0 radical (unpaired) electrons. The Hall–Kier alpha value is -5.16. The number of hydrogen-bond donors (Lipinski definition) is 0. The molecule has 0 N–H and O–H groups in total. The normalized spacial score (nSPS) is 11.6. The number of benzene rings is 4. The van der Waals surface area contributed by atoms with Gasteiger partial charge in [-0.3, -0.25) is 4.57 Å². The van der Waals surface area contributed by atoms with Gasteiger partial charge < -0.3 is 4.74 Å². The molecule has 0 aliphatic rings. The zero-order valence-electron chi connectivity index (χ0n) is 28.9. The number of pyridine rings is 1. The SMILES string of the molecule is CCCCc1cc(Oc2ccc3c4cc(CC(C)C)ccc4n(-c4cc(C)ccn4)c3c2)cc(-n2nc(C)c(-c3ccccc3)c2C)c1. The van der Waals surface area contributed by atoms with E-state index in [2.05, 4.69) is 142 Å². The minimum absolute atomic E-state index is 0.589. The van der Waals surface area contributed by atoms with Gasteiger partial charge in [-0.15, -0.1) is 0 Å². The minimum atomic E-state index is 0.589. The highest BCUT2D eigenvalue weighted by atomic mass is 16.5. The molecule has 7 aromatic rings. The quantitative estimate of drug-likeness (QED) is 0.151. The van der Waals surface area contributed by atoms with Crippen molar-refractivity contribution in [1.82, 2.24) is 19.3 Å². The molecule has 0 saturated carbocycles. The second-order valence-corrected chi connectivity index (χ2v) is 13.5. The van der Waals surface area contributed by atoms with Gasteiger partial charge in [0.15, 0.2) is 0 Å². The second kappa shape index (κ2) is 13.2. The fourth-order valence-electron chi connectivity index (χ4n) is 7.00. The average Bonchev–Trinajstić information content (AvgIpc) is 3.55. The van der Waals surface area contributed by atoms with Gasteiger partial charge in [-0.1, -0.05) is 63.6 Å². The number of ether oxygens (including phenoxy) is 1. The van der Waals surface area contributed by atoms with E-state index in [-0.39, 0.29) is 0 Å². The highest BCUT2D eigenvalue weighted by Crippen LogP contribution is 2.37. The minimum Gasteiger partial charge on any atom is -0.457 e. The smallest absolute Gasteiger partial charge is 0.137 e. The molecule has 4 aromatic carbocycles. The van der Waals surface area contributed by atoms with Crippen molar-refractivity contribution in [3.63, 3.8) is 0 Å². The third kappa shape index (κ3) is 6.13. The van der Waals surface area contributed by atoms with Crippen molar-refractivity contribution < 1.29 is 4.74 Å². The van der Waals surface area contributed by atoms with Gasteiger partial charge in [0.05, 0.1) is 22.4 Å². The molecule has 0 amide bonds. The molecule has 0 spiro atoms. The Morgan fingerprint density at radius 3 is 2.35 bits per heavy atom. The molecule has 5 heteroatoms. The molecule has 48 heavy (non-hydrogen) atoms. The summed E-state index contributed by atoms with van der Waals surface area (Å²) in [6.07, 6.45) is 6.17. The van der Waals surface area contributed by atoms with E-state index >= 15 is 0 Å². The van der Waals surface area contributed by atoms with Crippen LogP contribution in [0.2, 0.25) is 0 Å². The summed E-state index contributed by atoms with van der Waals surface area (Å²) >= 11 is 0. The summed E-state index contributed by atoms with van der Waals surface area (Å²) < 4.78 is 11.1. The first-order valence-corrected chi connectivity index (χ1v) is 17.2. The van der Waals surface area contributed by atoms with Crippen molar-refractivity contribution >= 4 is 21.8 Å². The standard InChI is InChI=1S/C43H44N4O/c1-7-8-12-32-23-35(47-31(6)43(30(5)45-47)34-13-10-9-11-14-34)26-37(24-32)48-36-16-17-38-39-25-33(21-28(2)3)15-18-40(39)46(41(38)27-36)42-22-29(4)19-20-44-42/h9-11,13-20,22-28H,7-8,12,21H2,1-6H3. The van der Waals surface area contributed by atoms with Crippen molar-refractivity contribution in [3.8, 4) is 34.1 Å². The van der Waals surface area contributed by atoms with Crippen LogP contribution in [0, 0.1) is 26.7 Å². The van der Waals surface area contributed by atoms with Crippen molar-refractivity contribution in [1.29, 1.82) is 0 Å². The number of rotatable bonds is 10. The van der Waals surface area contributed by atoms with E-state index in [0.29, 0.717) is 5.92 Å². The molecule has 0 saturated heterocycles. The van der Waals surface area contributed by atoms with Crippen molar-refractivity contribution in [3.05, 3.63) is 131 Å². The summed E-state index contributed by atoms with van der Waals surface area (Å²) in [5.41, 5.74) is 11.5. The Morgan fingerprint density at radius 2 is 1.58 bits per heavy atom. The van der Waals surface area contributed by atoms with Gasteiger partial charge in [0, 0.05) is 40.4 Å². The van der Waals surface area contributed by atoms with Crippen LogP contribution in [0.4, 0.5) is 0 Å². The van der Waals surface area contributed by atoms with Crippen LogP contribution in [0.3, 0.4) is 0 Å². The Balaban J connectivity index is 1.33. The van der Waals surface area contributed by atoms with Crippen molar-refractivity contribution in [2.24, 2.45) is 5.92 Å². The molecule has 5 nitrogen and oxygen atoms in total. The zero-order valence-corrected chi connectivity index (χ0v) is 28.9. The topological polar surface area (TPSA) is 44.9 Å². The molecule has 0 aliphatic heterocycles. The maximum absolute atomic E-state index is 6.74. The zero-order chi connectivity index (χ0) is 33.4. The molecule has 0 bridgehead atoms. The Bertz CT molecular complexity index is 2240. The van der Waals surface area contributed by atoms with E-state index in [1.165, 1.54) is 38.6 Å². The molecule has 0 aliphatic carbocycles. The highest BCUT2D eigenvalue weighted by Gasteiger charge is 2.18. The van der Waals surface area contributed by atoms with Crippen LogP contribution < -0.4 is 4.74 Å². The molecular weight excluding hydrogens is 589 g/mol. The van der Waals surface area contributed by atoms with Gasteiger partial charge >= 0.3 is 0 Å². The van der Waals surface area contributed by atoms with Gasteiger partial charge in [0.1, 0.15) is 17.3 Å². The van der Waals surface area contributed by atoms with Gasteiger partial charge in [-0.05, 0) is 117 Å². The molecule has 7 rings (SSSR count). The maximum atomic E-state index is 6.74. The number of hydrogen-bond acceptors (Lipinski definition) is 3. The van der Waals surface area contributed by atoms with Crippen LogP contribution in [0.1, 0.15) is 61.7 Å². The Labute approximate surface area is 283 Å². The summed E-state index contributed by atoms with van der Waals surface area (Å²) in [5.74, 6) is 3.10. The van der Waals surface area contributed by atoms with Crippen molar-refractivity contribution in [2.75, 3.05) is 0 Å². The Kier molecular flexibility index (Phi) is 8.62. The third-order valence-electron chi connectivity index (χ3n) is 9.18. The first-order chi connectivity index (χ1) is 23.3. The lowest BCUT2D eigenvalue weighted by atomic mass is 10.0. The van der Waals surface area contributed by atoms with Gasteiger partial charge in [0.2, 0.25) is 0 Å². The van der Waals surface area contributed by atoms with Crippen LogP contribution in [0.25, 0.3) is 44.4 Å². The number of fused-ring (bicyclic) bond motifs is 3. The largest absolute Gasteiger partial charge is 0.457 e. The second-order valence-electron chi connectivity index (χ2n) is 13.5. The predicted molar refractivity (Wildman–Crippen MR) is 199 cm³/mol. The highest BCUT2D eigenvalue weighted by molar-refractivity contribution is 6.09. The van der Waals surface area contributed by atoms with Crippen LogP contribution in [0.15, 0.2) is 103 Å². The van der Waals surface area contributed by atoms with E-state index in [9.17, 15) is 0 Å². The summed E-state index contributed by atoms with van der Waals surface area (Å²) in [5, 5.41) is 7.45. The summed E-state index contributed by atoms with van der Waals surface area (Å²) in [4.78, 5) is 4.80. The molecule has 3 aromatic heterocycles. The fourth-order valence-corrected chi connectivity index (χ4v) is 7.00. The average molecular weight is 633 g/mol. The fraction of sp³-hybridized carbons (Fsp3) is 0.256. The van der Waals surface area contributed by atoms with E-state index in [1.54, 1.807) is 0 Å². The van der Waals surface area contributed by atoms with Gasteiger partial charge in [-0.2, -0.15) is 5.10 Å². The number of unbranched alkanes of at least 4 members (excludes halogenated alkanes) is 1. The van der Waals surface area contributed by atoms with E-state index < -0.39 is 0 Å². The lowest BCUT2D eigenvalue weighted by Gasteiger charge is -2.13. The molecule has 0 fully saturated rings. The first-order valence-electron chi connectivity index (χ1n) is 17.2. The Morgan fingerprint density at radius 1 is 0.750 bits per heavy atom. The summed E-state index contributed by atoms with van der Waals surface area (Å²) in [6, 6.07) is 34.6. The van der Waals surface area contributed by atoms with Gasteiger partial charge in [0.25, 0.3) is 0 Å². The molecule has 0 atom stereocenters. The van der Waals surface area contributed by atoms with Crippen LogP contribution >= 0.6 is 0 Å². The lowest BCUT2D eigenvalue weighted by Crippen LogP contribution is -2.02. The number of aromatic nitrogens is 4. The summed E-state index contributed by atoms with van der Waals surface area (Å²) in [7, 11) is 0. The monoisotopic (exact) mass is 632 g/mol. The van der Waals surface area contributed by atoms with Crippen LogP contribution in [-0.2, 0) is 12.8 Å². The van der Waals surface area contributed by atoms with E-state index in [4.69, 9.17) is 14.8 Å². The maximum Gasteiger partial charge on any atom is 0.137 e.